The SMILES string of the molecule is C=C/C=C(\C=C/N)C(=O)NCC(O)CN1CCc2ccccc2C1. The van der Waals surface area contributed by atoms with E-state index >= 15 is 0 Å². The van der Waals surface area contributed by atoms with Gasteiger partial charge in [-0.2, -0.15) is 0 Å². The first-order chi connectivity index (χ1) is 11.6. The molecule has 0 aromatic heterocycles. The van der Waals surface area contributed by atoms with Gasteiger partial charge >= 0.3 is 0 Å². The number of carbonyl (C=O) groups is 1. The van der Waals surface area contributed by atoms with E-state index in [1.165, 1.54) is 29.5 Å². The topological polar surface area (TPSA) is 78.6 Å². The fraction of sp³-hybridized carbons (Fsp3) is 0.316. The molecule has 0 radical (unpaired) electrons. The van der Waals surface area contributed by atoms with Gasteiger partial charge in [0.1, 0.15) is 0 Å². The normalized spacial score (nSPS) is 16.6. The third-order valence-electron chi connectivity index (χ3n) is 4.01. The Morgan fingerprint density at radius 1 is 1.42 bits per heavy atom. The molecule has 1 unspecified atom stereocenters. The number of nitrogens with zero attached hydrogens (tertiary/aromatic N) is 1. The molecule has 0 spiro atoms. The number of benzene rings is 1. The summed E-state index contributed by atoms with van der Waals surface area (Å²) in [5.74, 6) is -0.278. The fourth-order valence-electron chi connectivity index (χ4n) is 2.82. The van der Waals surface area contributed by atoms with Crippen LogP contribution in [0.3, 0.4) is 0 Å². The van der Waals surface area contributed by atoms with E-state index < -0.39 is 6.10 Å². The average molecular weight is 327 g/mol. The van der Waals surface area contributed by atoms with Gasteiger partial charge in [-0.3, -0.25) is 9.69 Å². The number of β-amino-alcohol motifs (C(OH)–C–C–N with tert-alkyl or cyclic N) is 1. The maximum atomic E-state index is 12.0. The van der Waals surface area contributed by atoms with Crippen LogP contribution in [0, 0.1) is 0 Å². The van der Waals surface area contributed by atoms with E-state index in [1.807, 2.05) is 6.07 Å². The molecule has 24 heavy (non-hydrogen) atoms. The highest BCUT2D eigenvalue weighted by molar-refractivity contribution is 5.96. The van der Waals surface area contributed by atoms with E-state index in [-0.39, 0.29) is 12.5 Å². The lowest BCUT2D eigenvalue weighted by atomic mass is 10.00. The quantitative estimate of drug-likeness (QED) is 0.518. The van der Waals surface area contributed by atoms with Crippen LogP contribution < -0.4 is 11.1 Å². The zero-order chi connectivity index (χ0) is 17.4. The minimum Gasteiger partial charge on any atom is -0.405 e. The summed E-state index contributed by atoms with van der Waals surface area (Å²) in [4.78, 5) is 14.2. The van der Waals surface area contributed by atoms with Crippen LogP contribution in [-0.4, -0.2) is 41.7 Å². The van der Waals surface area contributed by atoms with Crippen molar-refractivity contribution in [3.8, 4) is 0 Å². The van der Waals surface area contributed by atoms with Gasteiger partial charge in [-0.05, 0) is 35.9 Å². The molecule has 1 aromatic rings. The molecular formula is C19H25N3O2. The minimum absolute atomic E-state index is 0.198. The van der Waals surface area contributed by atoms with Crippen molar-refractivity contribution >= 4 is 5.91 Å². The van der Waals surface area contributed by atoms with Gasteiger partial charge in [-0.25, -0.2) is 0 Å². The van der Waals surface area contributed by atoms with Crippen molar-refractivity contribution in [3.63, 3.8) is 0 Å². The number of rotatable bonds is 7. The van der Waals surface area contributed by atoms with Crippen molar-refractivity contribution in [2.75, 3.05) is 19.6 Å². The number of aliphatic hydroxyl groups excluding tert-OH is 1. The van der Waals surface area contributed by atoms with Gasteiger partial charge < -0.3 is 16.2 Å². The van der Waals surface area contributed by atoms with E-state index in [4.69, 9.17) is 5.73 Å². The van der Waals surface area contributed by atoms with E-state index in [0.29, 0.717) is 12.1 Å². The first-order valence-corrected chi connectivity index (χ1v) is 8.10. The summed E-state index contributed by atoms with van der Waals surface area (Å²) in [6, 6.07) is 8.38. The Morgan fingerprint density at radius 2 is 2.17 bits per heavy atom. The molecule has 128 valence electrons. The average Bonchev–Trinajstić information content (AvgIpc) is 2.59. The molecule has 2 rings (SSSR count). The van der Waals surface area contributed by atoms with E-state index in [1.54, 1.807) is 6.08 Å². The second kappa shape index (κ2) is 9.05. The Labute approximate surface area is 143 Å². The van der Waals surface area contributed by atoms with Crippen LogP contribution >= 0.6 is 0 Å². The summed E-state index contributed by atoms with van der Waals surface area (Å²) in [5, 5.41) is 12.9. The van der Waals surface area contributed by atoms with Gasteiger partial charge in [0.15, 0.2) is 0 Å². The molecule has 5 heteroatoms. The molecule has 1 heterocycles. The first-order valence-electron chi connectivity index (χ1n) is 8.10. The standard InChI is InChI=1S/C19H25N3O2/c1-2-5-16(8-10-20)19(24)21-12-18(23)14-22-11-9-15-6-3-4-7-17(15)13-22/h2-8,10,18,23H,1,9,11-14,20H2,(H,21,24)/b10-8-,16-5+. The van der Waals surface area contributed by atoms with E-state index in [0.717, 1.165) is 19.5 Å². The fourth-order valence-corrected chi connectivity index (χ4v) is 2.82. The number of hydrogen-bond acceptors (Lipinski definition) is 4. The molecule has 4 N–H and O–H groups in total. The van der Waals surface area contributed by atoms with Crippen LogP contribution in [0.25, 0.3) is 0 Å². The highest BCUT2D eigenvalue weighted by Gasteiger charge is 2.18. The van der Waals surface area contributed by atoms with Gasteiger partial charge in [0.2, 0.25) is 0 Å². The van der Waals surface area contributed by atoms with Crippen LogP contribution in [0.5, 0.6) is 0 Å². The predicted octanol–water partition coefficient (Wildman–Crippen LogP) is 1.11. The molecule has 0 fully saturated rings. The summed E-state index contributed by atoms with van der Waals surface area (Å²) >= 11 is 0. The van der Waals surface area contributed by atoms with Gasteiger partial charge in [-0.1, -0.05) is 36.9 Å². The third-order valence-corrected chi connectivity index (χ3v) is 4.01. The number of nitrogens with one attached hydrogen (secondary N) is 1. The van der Waals surface area contributed by atoms with Gasteiger partial charge in [0, 0.05) is 31.8 Å². The number of nitrogens with two attached hydrogens (primary N) is 1. The van der Waals surface area contributed by atoms with Crippen molar-refractivity contribution in [2.24, 2.45) is 5.73 Å². The Bertz CT molecular complexity index is 637. The zero-order valence-electron chi connectivity index (χ0n) is 13.8. The largest absolute Gasteiger partial charge is 0.405 e. The molecule has 1 aromatic carbocycles. The Kier molecular flexibility index (Phi) is 6.78. The summed E-state index contributed by atoms with van der Waals surface area (Å²) in [6.07, 6.45) is 6.28. The molecular weight excluding hydrogens is 302 g/mol. The molecule has 0 bridgehead atoms. The molecule has 0 aliphatic carbocycles. The predicted molar refractivity (Wildman–Crippen MR) is 96.0 cm³/mol. The molecule has 0 saturated heterocycles. The molecule has 5 nitrogen and oxygen atoms in total. The molecule has 0 saturated carbocycles. The van der Waals surface area contributed by atoms with Gasteiger partial charge in [-0.15, -0.1) is 0 Å². The molecule has 1 aliphatic rings. The summed E-state index contributed by atoms with van der Waals surface area (Å²) in [5.41, 5.74) is 8.42. The van der Waals surface area contributed by atoms with Crippen LogP contribution in [0.15, 0.2) is 60.8 Å². The number of fused-ring (bicyclic) bond motifs is 1. The van der Waals surface area contributed by atoms with Crippen LogP contribution in [0.2, 0.25) is 0 Å². The molecule has 1 atom stereocenters. The summed E-state index contributed by atoms with van der Waals surface area (Å²) in [6.45, 7) is 6.05. The van der Waals surface area contributed by atoms with Crippen molar-refractivity contribution in [1.29, 1.82) is 0 Å². The molecule has 1 aliphatic heterocycles. The van der Waals surface area contributed by atoms with Crippen LogP contribution in [0.1, 0.15) is 11.1 Å². The Hall–Kier alpha value is -2.37. The van der Waals surface area contributed by atoms with E-state index in [9.17, 15) is 9.90 Å². The summed E-state index contributed by atoms with van der Waals surface area (Å²) in [7, 11) is 0. The molecule has 1 amide bonds. The zero-order valence-corrected chi connectivity index (χ0v) is 13.8. The third kappa shape index (κ3) is 5.08. The van der Waals surface area contributed by atoms with Crippen LogP contribution in [0.4, 0.5) is 0 Å². The van der Waals surface area contributed by atoms with Crippen molar-refractivity contribution in [1.82, 2.24) is 10.2 Å². The maximum Gasteiger partial charge on any atom is 0.251 e. The number of carbonyl (C=O) groups excluding carboxylic acids is 1. The van der Waals surface area contributed by atoms with Crippen molar-refractivity contribution in [3.05, 3.63) is 72.0 Å². The van der Waals surface area contributed by atoms with Gasteiger partial charge in [0.25, 0.3) is 5.91 Å². The minimum atomic E-state index is -0.619. The van der Waals surface area contributed by atoms with E-state index in [2.05, 4.69) is 35.0 Å². The van der Waals surface area contributed by atoms with Crippen molar-refractivity contribution < 1.29 is 9.90 Å². The Balaban J connectivity index is 1.81. The number of hydrogen-bond donors (Lipinski definition) is 3. The second-order valence-corrected chi connectivity index (χ2v) is 5.83. The number of allylic oxidation sites excluding steroid dienone is 2. The lowest BCUT2D eigenvalue weighted by molar-refractivity contribution is -0.117. The Morgan fingerprint density at radius 3 is 2.88 bits per heavy atom. The summed E-state index contributed by atoms with van der Waals surface area (Å²) < 4.78 is 0. The second-order valence-electron chi connectivity index (χ2n) is 5.83. The smallest absolute Gasteiger partial charge is 0.251 e. The number of amides is 1. The monoisotopic (exact) mass is 327 g/mol. The highest BCUT2D eigenvalue weighted by atomic mass is 16.3. The number of aliphatic hydroxyl groups is 1. The maximum absolute atomic E-state index is 12.0. The van der Waals surface area contributed by atoms with Crippen molar-refractivity contribution in [2.45, 2.75) is 19.1 Å². The lowest BCUT2D eigenvalue weighted by Gasteiger charge is -2.30. The van der Waals surface area contributed by atoms with Crippen LogP contribution in [-0.2, 0) is 17.8 Å². The lowest BCUT2D eigenvalue weighted by Crippen LogP contribution is -2.42. The first kappa shape index (κ1) is 18.0. The highest BCUT2D eigenvalue weighted by Crippen LogP contribution is 2.18. The van der Waals surface area contributed by atoms with Gasteiger partial charge in [0.05, 0.1) is 6.10 Å².